The molecule has 0 aliphatic rings. The molecule has 0 heterocycles. The Morgan fingerprint density at radius 3 is 0.518 bits per heavy atom. The molecular weight excluding hydrogens is 1380 g/mol. The van der Waals surface area contributed by atoms with Gasteiger partial charge < -0.3 is 33.5 Å². The molecule has 0 aliphatic carbocycles. The van der Waals surface area contributed by atoms with Crippen LogP contribution in [0.1, 0.15) is 496 Å². The monoisotopic (exact) mass is 1550 g/mol. The minimum atomic E-state index is -0.848. The normalized spacial score (nSPS) is 11.9. The first-order chi connectivity index (χ1) is 54.0. The van der Waals surface area contributed by atoms with Crippen LogP contribution >= 0.6 is 0 Å². The third-order valence-electron chi connectivity index (χ3n) is 21.3. The van der Waals surface area contributed by atoms with E-state index in [0.29, 0.717) is 38.5 Å². The first kappa shape index (κ1) is 106. The molecule has 110 heavy (non-hydrogen) atoms. The topological polar surface area (TPSA) is 195 Å². The third kappa shape index (κ3) is 85.9. The molecule has 0 radical (unpaired) electrons. The molecule has 0 aliphatic heterocycles. The van der Waals surface area contributed by atoms with E-state index in [2.05, 4.69) is 57.2 Å². The fraction of sp³-hybridized carbons (Fsp3) is 0.865. The molecule has 1 N–H and O–H groups in total. The molecule has 1 unspecified atom stereocenters. The first-order valence-corrected chi connectivity index (χ1v) is 47.2. The predicted molar refractivity (Wildman–Crippen MR) is 457 cm³/mol. The highest BCUT2D eigenvalue weighted by Crippen LogP contribution is 2.20. The Bertz CT molecular complexity index is 2090. The second-order valence-electron chi connectivity index (χ2n) is 32.3. The van der Waals surface area contributed by atoms with Crippen molar-refractivity contribution in [1.29, 1.82) is 0 Å². The summed E-state index contributed by atoms with van der Waals surface area (Å²) < 4.78 is 34.0. The van der Waals surface area contributed by atoms with Crippen LogP contribution in [0.2, 0.25) is 0 Å². The lowest BCUT2D eigenvalue weighted by Crippen LogP contribution is -2.30. The van der Waals surface area contributed by atoms with E-state index >= 15 is 0 Å². The number of esters is 6. The van der Waals surface area contributed by atoms with Crippen molar-refractivity contribution in [3.8, 4) is 0 Å². The van der Waals surface area contributed by atoms with Gasteiger partial charge in [0.15, 0.2) is 12.2 Å². The molecule has 0 saturated carbocycles. The molecule has 0 aromatic rings. The van der Waals surface area contributed by atoms with Gasteiger partial charge in [-0.1, -0.05) is 365 Å². The van der Waals surface area contributed by atoms with Crippen LogP contribution in [0.5, 0.6) is 0 Å². The zero-order valence-electron chi connectivity index (χ0n) is 72.0. The summed E-state index contributed by atoms with van der Waals surface area (Å²) in [5.74, 6) is -2.71. The van der Waals surface area contributed by atoms with E-state index in [1.807, 2.05) is 0 Å². The van der Waals surface area contributed by atoms with Gasteiger partial charge in [0.25, 0.3) is 0 Å². The zero-order chi connectivity index (χ0) is 79.8. The molecule has 0 bridgehead atoms. The van der Waals surface area contributed by atoms with Gasteiger partial charge in [-0.05, 0) is 122 Å². The summed E-state index contributed by atoms with van der Waals surface area (Å²) in [5.41, 5.74) is 0. The van der Waals surface area contributed by atoms with Gasteiger partial charge in [-0.15, -0.1) is 0 Å². The fourth-order valence-corrected chi connectivity index (χ4v) is 14.1. The molecule has 0 aromatic heterocycles. The van der Waals surface area contributed by atoms with Crippen LogP contribution in [-0.2, 0) is 62.0 Å². The maximum atomic E-state index is 13.1. The predicted octanol–water partition coefficient (Wildman–Crippen LogP) is 28.7. The van der Waals surface area contributed by atoms with Crippen LogP contribution in [0, 0.1) is 0 Å². The summed E-state index contributed by atoms with van der Waals surface area (Å²) in [5, 5.41) is 8.78. The van der Waals surface area contributed by atoms with Gasteiger partial charge in [0.1, 0.15) is 26.4 Å². The standard InChI is InChI=1S/C96H174O14/c1-4-7-10-13-16-19-22-25-28-36-43-50-57-64-71-78-91(99)105-84-88(85-106-92(100)79-72-65-58-51-44-37-29-26-23-20-17-14-11-8-5-2)110-96(104)83-76-69-62-55-48-41-34-33-39-46-53-60-67-74-81-94(102)108-87-89(86-107-93(101)80-73-66-59-52-45-38-30-27-24-21-18-15-12-9-6-3)109-95(103)82-75-68-61-54-47-40-32-31-35-42-49-56-63-70-77-90(97)98/h27,30-34,88-89H,4-26,28-29,35-87H2,1-3H3,(H,97,98)/b30-27-,32-31+,34-33+. The van der Waals surface area contributed by atoms with Crippen LogP contribution in [-0.4, -0.2) is 85.5 Å². The van der Waals surface area contributed by atoms with E-state index in [1.54, 1.807) is 0 Å². The Balaban J connectivity index is 4.71. The number of carbonyl (C=O) groups excluding carboxylic acids is 6. The number of unbranched alkanes of at least 4 members (excludes halogenated alkanes) is 59. The molecule has 1 atom stereocenters. The van der Waals surface area contributed by atoms with Crippen molar-refractivity contribution in [3.05, 3.63) is 36.5 Å². The Labute approximate surface area is 676 Å². The maximum absolute atomic E-state index is 13.1. The number of hydrogen-bond acceptors (Lipinski definition) is 13. The minimum absolute atomic E-state index is 0.110. The molecule has 0 rings (SSSR count). The molecule has 0 aromatic carbocycles. The molecule has 0 spiro atoms. The number of carboxylic acids is 1. The van der Waals surface area contributed by atoms with Gasteiger partial charge in [-0.3, -0.25) is 33.6 Å². The SMILES string of the molecule is CCCCCCCC/C=C\CCCCCCCC(=O)OCC(COC(=O)CCCCCCC/C=C/CCCCCCCC(=O)OC(COC(=O)CCCCCCCCCCCCCCCCC)COC(=O)CCCCCCCCCCCCCCCCC)OC(=O)CCCCCCC/C=C/CCCCCCCC(=O)O. The summed E-state index contributed by atoms with van der Waals surface area (Å²) in [6, 6.07) is 0. The second-order valence-corrected chi connectivity index (χ2v) is 32.3. The number of rotatable bonds is 89. The van der Waals surface area contributed by atoms with Crippen molar-refractivity contribution in [1.82, 2.24) is 0 Å². The molecule has 14 heteroatoms. The molecule has 0 amide bonds. The largest absolute Gasteiger partial charge is 0.481 e. The van der Waals surface area contributed by atoms with E-state index in [0.717, 1.165) is 212 Å². The number of aliphatic carboxylic acids is 1. The number of carboxylic acid groups (broad SMARTS) is 1. The van der Waals surface area contributed by atoms with Crippen molar-refractivity contribution in [3.63, 3.8) is 0 Å². The van der Waals surface area contributed by atoms with Gasteiger partial charge in [0, 0.05) is 44.9 Å². The van der Waals surface area contributed by atoms with Gasteiger partial charge in [-0.25, -0.2) is 0 Å². The van der Waals surface area contributed by atoms with Crippen molar-refractivity contribution in [2.75, 3.05) is 26.4 Å². The van der Waals surface area contributed by atoms with Gasteiger partial charge in [-0.2, -0.15) is 0 Å². The van der Waals surface area contributed by atoms with E-state index in [1.165, 1.54) is 199 Å². The highest BCUT2D eigenvalue weighted by molar-refractivity contribution is 5.72. The van der Waals surface area contributed by atoms with E-state index in [-0.39, 0.29) is 87.9 Å². The number of carbonyl (C=O) groups is 7. The van der Waals surface area contributed by atoms with Crippen LogP contribution in [0.3, 0.4) is 0 Å². The number of allylic oxidation sites excluding steroid dienone is 6. The summed E-state index contributed by atoms with van der Waals surface area (Å²) in [4.78, 5) is 88.0. The number of ether oxygens (including phenoxy) is 6. The van der Waals surface area contributed by atoms with Crippen LogP contribution < -0.4 is 0 Å². The van der Waals surface area contributed by atoms with Crippen molar-refractivity contribution >= 4 is 41.8 Å². The summed E-state index contributed by atoms with van der Waals surface area (Å²) in [6.45, 7) is 6.30. The average molecular weight is 1550 g/mol. The summed E-state index contributed by atoms with van der Waals surface area (Å²) in [7, 11) is 0. The Morgan fingerprint density at radius 2 is 0.345 bits per heavy atom. The van der Waals surface area contributed by atoms with Gasteiger partial charge >= 0.3 is 41.8 Å². The molecule has 14 nitrogen and oxygen atoms in total. The zero-order valence-corrected chi connectivity index (χ0v) is 72.0. The van der Waals surface area contributed by atoms with Crippen molar-refractivity contribution in [2.45, 2.75) is 508 Å². The lowest BCUT2D eigenvalue weighted by Gasteiger charge is -2.18. The second kappa shape index (κ2) is 88.5. The number of hydrogen-bond donors (Lipinski definition) is 1. The highest BCUT2D eigenvalue weighted by Gasteiger charge is 2.22. The van der Waals surface area contributed by atoms with E-state index in [4.69, 9.17) is 33.5 Å². The summed E-state index contributed by atoms with van der Waals surface area (Å²) >= 11 is 0. The summed E-state index contributed by atoms with van der Waals surface area (Å²) in [6.07, 6.45) is 91.0. The van der Waals surface area contributed by atoms with Crippen LogP contribution in [0.4, 0.5) is 0 Å². The minimum Gasteiger partial charge on any atom is -0.481 e. The van der Waals surface area contributed by atoms with Crippen LogP contribution in [0.15, 0.2) is 36.5 Å². The Kier molecular flexibility index (Phi) is 84.8. The molecule has 642 valence electrons. The van der Waals surface area contributed by atoms with Crippen molar-refractivity contribution in [2.24, 2.45) is 0 Å². The lowest BCUT2D eigenvalue weighted by molar-refractivity contribution is -0.167. The third-order valence-corrected chi connectivity index (χ3v) is 21.3. The fourth-order valence-electron chi connectivity index (χ4n) is 14.1. The lowest BCUT2D eigenvalue weighted by atomic mass is 10.0. The van der Waals surface area contributed by atoms with Crippen LogP contribution in [0.25, 0.3) is 0 Å². The van der Waals surface area contributed by atoms with Gasteiger partial charge in [0.05, 0.1) is 0 Å². The Morgan fingerprint density at radius 1 is 0.200 bits per heavy atom. The first-order valence-electron chi connectivity index (χ1n) is 47.2. The van der Waals surface area contributed by atoms with Crippen molar-refractivity contribution < 1.29 is 67.1 Å². The maximum Gasteiger partial charge on any atom is 0.306 e. The molecule has 0 fully saturated rings. The Hall–Kier alpha value is -4.49. The highest BCUT2D eigenvalue weighted by atomic mass is 16.6. The van der Waals surface area contributed by atoms with E-state index < -0.39 is 18.2 Å². The van der Waals surface area contributed by atoms with Gasteiger partial charge in [0.2, 0.25) is 0 Å². The molecular formula is C96H174O14. The smallest absolute Gasteiger partial charge is 0.306 e. The average Bonchev–Trinajstić information content (AvgIpc) is 0.949. The quantitative estimate of drug-likeness (QED) is 0.0261. The van der Waals surface area contributed by atoms with E-state index in [9.17, 15) is 33.6 Å². The molecule has 0 saturated heterocycles.